The van der Waals surface area contributed by atoms with Crippen LogP contribution in [0.1, 0.15) is 37.2 Å². The largest absolute Gasteiger partial charge is 0.491 e. The minimum atomic E-state index is -0.546. The highest BCUT2D eigenvalue weighted by molar-refractivity contribution is 5.37. The minimum Gasteiger partial charge on any atom is -0.491 e. The fraction of sp³-hybridized carbons (Fsp3) is 0.429. The first-order valence-electron chi connectivity index (χ1n) is 9.68. The third-order valence-electron chi connectivity index (χ3n) is 5.22. The number of aliphatic hydroxyl groups is 1. The normalized spacial score (nSPS) is 18.8. The molecular formula is C21H26N4O2. The molecule has 142 valence electrons. The predicted molar refractivity (Wildman–Crippen MR) is 104 cm³/mol. The Morgan fingerprint density at radius 3 is 2.85 bits per heavy atom. The Labute approximate surface area is 159 Å². The van der Waals surface area contributed by atoms with Crippen LogP contribution in [0, 0.1) is 0 Å². The van der Waals surface area contributed by atoms with Crippen molar-refractivity contribution in [2.24, 2.45) is 0 Å². The highest BCUT2D eigenvalue weighted by Crippen LogP contribution is 2.31. The summed E-state index contributed by atoms with van der Waals surface area (Å²) in [6, 6.07) is 14.2. The molecule has 1 fully saturated rings. The molecule has 2 atom stereocenters. The predicted octanol–water partition coefficient (Wildman–Crippen LogP) is 2.87. The lowest BCUT2D eigenvalue weighted by molar-refractivity contribution is 0.0625. The van der Waals surface area contributed by atoms with Crippen LogP contribution in [0.4, 0.5) is 0 Å². The number of likely N-dealkylation sites (tertiary alicyclic amines) is 1. The molecule has 0 saturated carbocycles. The summed E-state index contributed by atoms with van der Waals surface area (Å²) < 4.78 is 7.81. The number of aliphatic hydroxyl groups excluding tert-OH is 1. The molecule has 1 N–H and O–H groups in total. The van der Waals surface area contributed by atoms with Gasteiger partial charge in [0.25, 0.3) is 0 Å². The molecule has 0 spiro atoms. The number of hydrogen-bond acceptors (Lipinski definition) is 5. The highest BCUT2D eigenvalue weighted by Gasteiger charge is 2.31. The molecule has 0 radical (unpaired) electrons. The van der Waals surface area contributed by atoms with Crippen LogP contribution in [0.2, 0.25) is 0 Å². The monoisotopic (exact) mass is 366 g/mol. The maximum absolute atomic E-state index is 10.5. The molecule has 1 aliphatic rings. The molecular weight excluding hydrogens is 340 g/mol. The van der Waals surface area contributed by atoms with Gasteiger partial charge in [-0.3, -0.25) is 9.30 Å². The summed E-state index contributed by atoms with van der Waals surface area (Å²) in [4.78, 5) is 2.29. The molecule has 6 heteroatoms. The third-order valence-corrected chi connectivity index (χ3v) is 5.22. The van der Waals surface area contributed by atoms with Gasteiger partial charge in [-0.15, -0.1) is 10.2 Å². The van der Waals surface area contributed by atoms with Gasteiger partial charge in [-0.05, 0) is 55.6 Å². The minimum absolute atomic E-state index is 0.181. The van der Waals surface area contributed by atoms with Gasteiger partial charge in [0.15, 0.2) is 11.5 Å². The number of hydrogen-bond donors (Lipinski definition) is 1. The fourth-order valence-corrected chi connectivity index (χ4v) is 3.76. The van der Waals surface area contributed by atoms with Crippen molar-refractivity contribution < 1.29 is 9.84 Å². The van der Waals surface area contributed by atoms with E-state index in [0.717, 1.165) is 43.0 Å². The van der Waals surface area contributed by atoms with E-state index in [1.165, 1.54) is 5.56 Å². The average Bonchev–Trinajstić information content (AvgIpc) is 3.33. The van der Waals surface area contributed by atoms with Crippen molar-refractivity contribution in [3.8, 4) is 5.75 Å². The Kier molecular flexibility index (Phi) is 5.36. The molecule has 1 aromatic carbocycles. The topological polar surface area (TPSA) is 62.9 Å². The summed E-state index contributed by atoms with van der Waals surface area (Å²) in [7, 11) is 0. The molecule has 0 amide bonds. The Morgan fingerprint density at radius 1 is 1.19 bits per heavy atom. The quantitative estimate of drug-likeness (QED) is 0.697. The molecule has 3 aromatic rings. The Bertz CT molecular complexity index is 877. The van der Waals surface area contributed by atoms with E-state index in [-0.39, 0.29) is 12.6 Å². The van der Waals surface area contributed by atoms with Gasteiger partial charge >= 0.3 is 0 Å². The van der Waals surface area contributed by atoms with Gasteiger partial charge in [0.05, 0.1) is 6.04 Å². The maximum Gasteiger partial charge on any atom is 0.160 e. The fourth-order valence-electron chi connectivity index (χ4n) is 3.76. The molecule has 0 aliphatic carbocycles. The second-order valence-electron chi connectivity index (χ2n) is 7.10. The SMILES string of the molecule is CCc1ccc(OC[C@@H](O)CN2CCC[C@H]2c2nnc3ccccn23)cc1. The maximum atomic E-state index is 10.5. The lowest BCUT2D eigenvalue weighted by Gasteiger charge is -2.25. The lowest BCUT2D eigenvalue weighted by Crippen LogP contribution is -2.35. The molecule has 1 aliphatic heterocycles. The van der Waals surface area contributed by atoms with Gasteiger partial charge in [0.2, 0.25) is 0 Å². The summed E-state index contributed by atoms with van der Waals surface area (Å²) in [6.07, 6.45) is 4.59. The lowest BCUT2D eigenvalue weighted by atomic mass is 10.2. The van der Waals surface area contributed by atoms with E-state index in [1.807, 2.05) is 40.9 Å². The molecule has 4 rings (SSSR count). The van der Waals surface area contributed by atoms with Crippen molar-refractivity contribution in [2.45, 2.75) is 38.3 Å². The number of nitrogens with zero attached hydrogens (tertiary/aromatic N) is 4. The number of ether oxygens (including phenoxy) is 1. The molecule has 27 heavy (non-hydrogen) atoms. The van der Waals surface area contributed by atoms with Crippen LogP contribution >= 0.6 is 0 Å². The van der Waals surface area contributed by atoms with Crippen molar-refractivity contribution in [3.05, 3.63) is 60.0 Å². The van der Waals surface area contributed by atoms with Crippen LogP contribution in [-0.4, -0.2) is 50.4 Å². The first kappa shape index (κ1) is 17.9. The van der Waals surface area contributed by atoms with E-state index in [1.54, 1.807) is 0 Å². The molecule has 2 aromatic heterocycles. The van der Waals surface area contributed by atoms with Gasteiger partial charge in [0, 0.05) is 12.7 Å². The number of pyridine rings is 1. The van der Waals surface area contributed by atoms with E-state index in [9.17, 15) is 5.11 Å². The van der Waals surface area contributed by atoms with Crippen molar-refractivity contribution in [1.82, 2.24) is 19.5 Å². The molecule has 6 nitrogen and oxygen atoms in total. The van der Waals surface area contributed by atoms with Crippen LogP contribution in [0.15, 0.2) is 48.7 Å². The van der Waals surface area contributed by atoms with Crippen molar-refractivity contribution in [1.29, 1.82) is 0 Å². The van der Waals surface area contributed by atoms with Crippen LogP contribution in [-0.2, 0) is 6.42 Å². The molecule has 3 heterocycles. The van der Waals surface area contributed by atoms with Gasteiger partial charge in [-0.2, -0.15) is 0 Å². The zero-order valence-electron chi connectivity index (χ0n) is 15.7. The third kappa shape index (κ3) is 3.96. The summed E-state index contributed by atoms with van der Waals surface area (Å²) in [5.41, 5.74) is 2.14. The van der Waals surface area contributed by atoms with Gasteiger partial charge in [-0.25, -0.2) is 0 Å². The Balaban J connectivity index is 1.37. The Hall–Kier alpha value is -2.44. The van der Waals surface area contributed by atoms with E-state index in [0.29, 0.717) is 6.54 Å². The summed E-state index contributed by atoms with van der Waals surface area (Å²) in [5, 5.41) is 19.2. The number of aryl methyl sites for hydroxylation is 1. The van der Waals surface area contributed by atoms with Crippen molar-refractivity contribution >= 4 is 5.65 Å². The van der Waals surface area contributed by atoms with Crippen LogP contribution in [0.3, 0.4) is 0 Å². The van der Waals surface area contributed by atoms with E-state index in [2.05, 4.69) is 34.2 Å². The van der Waals surface area contributed by atoms with Gasteiger partial charge in [0.1, 0.15) is 18.5 Å². The second-order valence-corrected chi connectivity index (χ2v) is 7.10. The first-order valence-corrected chi connectivity index (χ1v) is 9.68. The molecule has 0 bridgehead atoms. The molecule has 0 unspecified atom stereocenters. The van der Waals surface area contributed by atoms with Crippen LogP contribution < -0.4 is 4.74 Å². The van der Waals surface area contributed by atoms with Crippen molar-refractivity contribution in [3.63, 3.8) is 0 Å². The second kappa shape index (κ2) is 8.06. The van der Waals surface area contributed by atoms with Crippen molar-refractivity contribution in [2.75, 3.05) is 19.7 Å². The summed E-state index contributed by atoms with van der Waals surface area (Å²) >= 11 is 0. The summed E-state index contributed by atoms with van der Waals surface area (Å²) in [6.45, 7) is 3.94. The number of benzene rings is 1. The number of β-amino-alcohol motifs (C(OH)–C–C–N with tert-alkyl or cyclic N) is 1. The zero-order chi connectivity index (χ0) is 18.6. The summed E-state index contributed by atoms with van der Waals surface area (Å²) in [5.74, 6) is 1.75. The van der Waals surface area contributed by atoms with E-state index >= 15 is 0 Å². The van der Waals surface area contributed by atoms with Gasteiger partial charge in [-0.1, -0.05) is 25.1 Å². The zero-order valence-corrected chi connectivity index (χ0v) is 15.7. The average molecular weight is 366 g/mol. The number of rotatable bonds is 7. The van der Waals surface area contributed by atoms with Gasteiger partial charge < -0.3 is 9.84 Å². The van der Waals surface area contributed by atoms with E-state index in [4.69, 9.17) is 4.74 Å². The number of fused-ring (bicyclic) bond motifs is 1. The highest BCUT2D eigenvalue weighted by atomic mass is 16.5. The standard InChI is InChI=1S/C21H26N4O2/c1-2-16-8-10-18(11-9-16)27-15-17(26)14-24-12-5-6-19(24)21-23-22-20-7-3-4-13-25(20)21/h3-4,7-11,13,17,19,26H,2,5-6,12,14-15H2,1H3/t17-,19-/m0/s1. The van der Waals surface area contributed by atoms with Crippen LogP contribution in [0.25, 0.3) is 5.65 Å². The first-order chi connectivity index (χ1) is 13.2. The Morgan fingerprint density at radius 2 is 2.04 bits per heavy atom. The van der Waals surface area contributed by atoms with E-state index < -0.39 is 6.10 Å². The van der Waals surface area contributed by atoms with Crippen LogP contribution in [0.5, 0.6) is 5.75 Å². The smallest absolute Gasteiger partial charge is 0.160 e. The number of aromatic nitrogens is 3. The molecule has 1 saturated heterocycles.